The van der Waals surface area contributed by atoms with Gasteiger partial charge >= 0.3 is 0 Å². The van der Waals surface area contributed by atoms with Crippen LogP contribution in [0, 0.1) is 5.82 Å². The Morgan fingerprint density at radius 1 is 0.939 bits per heavy atom. The van der Waals surface area contributed by atoms with Gasteiger partial charge in [-0.2, -0.15) is 0 Å². The summed E-state index contributed by atoms with van der Waals surface area (Å²) < 4.78 is 36.6. The molecular weight excluding hydrogens is 425 g/mol. The van der Waals surface area contributed by atoms with Crippen LogP contribution in [0.25, 0.3) is 0 Å². The zero-order valence-electron chi connectivity index (χ0n) is 18.8. The Morgan fingerprint density at radius 3 is 2.27 bits per heavy atom. The van der Waals surface area contributed by atoms with Crippen LogP contribution >= 0.6 is 0 Å². The molecule has 6 nitrogen and oxygen atoms in total. The smallest absolute Gasteiger partial charge is 0.257 e. The highest BCUT2D eigenvalue weighted by Crippen LogP contribution is 2.39. The first-order valence-corrected chi connectivity index (χ1v) is 10.6. The Labute approximate surface area is 192 Å². The molecule has 0 saturated carbocycles. The number of hydrogen-bond donors (Lipinski definition) is 0. The fraction of sp³-hybridized carbons (Fsp3) is 0.269. The molecule has 172 valence electrons. The van der Waals surface area contributed by atoms with E-state index in [0.717, 1.165) is 16.9 Å². The van der Waals surface area contributed by atoms with Gasteiger partial charge in [-0.15, -0.1) is 0 Å². The van der Waals surface area contributed by atoms with E-state index in [2.05, 4.69) is 0 Å². The van der Waals surface area contributed by atoms with Crippen LogP contribution in [-0.2, 0) is 6.42 Å². The third-order valence-corrected chi connectivity index (χ3v) is 5.84. The molecule has 0 aliphatic carbocycles. The van der Waals surface area contributed by atoms with Crippen LogP contribution in [0.5, 0.6) is 23.0 Å². The Kier molecular flexibility index (Phi) is 6.68. The largest absolute Gasteiger partial charge is 0.497 e. The van der Waals surface area contributed by atoms with E-state index in [4.69, 9.17) is 18.9 Å². The fourth-order valence-electron chi connectivity index (χ4n) is 4.09. The number of nitrogens with zero attached hydrogens (tertiary/aromatic N) is 1. The maximum atomic E-state index is 14.4. The molecule has 0 spiro atoms. The van der Waals surface area contributed by atoms with Crippen LogP contribution in [0.15, 0.2) is 60.7 Å². The number of ether oxygens (including phenoxy) is 4. The number of halogens is 1. The highest BCUT2D eigenvalue weighted by Gasteiger charge is 2.34. The van der Waals surface area contributed by atoms with Crippen LogP contribution in [0.4, 0.5) is 4.39 Å². The van der Waals surface area contributed by atoms with E-state index >= 15 is 0 Å². The van der Waals surface area contributed by atoms with Crippen molar-refractivity contribution < 1.29 is 28.1 Å². The van der Waals surface area contributed by atoms with E-state index in [0.29, 0.717) is 30.2 Å². The third kappa shape index (κ3) is 4.58. The Morgan fingerprint density at radius 2 is 1.61 bits per heavy atom. The minimum atomic E-state index is -0.546. The standard InChI is InChI=1S/C26H26FNO5/c1-30-18-8-10-19(11-9-18)33-16-23-21-15-25(32-3)24(31-2)14-17(21)12-13-28(23)26(29)20-6-4-5-7-22(20)27/h4-11,14-15,23H,12-13,16H2,1-3H3/t23-/m1/s1. The van der Waals surface area contributed by atoms with Crippen LogP contribution < -0.4 is 18.9 Å². The Balaban J connectivity index is 1.70. The van der Waals surface area contributed by atoms with Crippen molar-refractivity contribution in [1.82, 2.24) is 4.90 Å². The molecule has 1 aliphatic rings. The highest BCUT2D eigenvalue weighted by atomic mass is 19.1. The average Bonchev–Trinajstić information content (AvgIpc) is 2.86. The number of rotatable bonds is 7. The second kappa shape index (κ2) is 9.81. The van der Waals surface area contributed by atoms with Crippen molar-refractivity contribution in [3.63, 3.8) is 0 Å². The van der Waals surface area contributed by atoms with Gasteiger partial charge in [0.15, 0.2) is 11.5 Å². The highest BCUT2D eigenvalue weighted by molar-refractivity contribution is 5.95. The lowest BCUT2D eigenvalue weighted by atomic mass is 9.91. The number of benzene rings is 3. The lowest BCUT2D eigenvalue weighted by Gasteiger charge is -2.37. The lowest BCUT2D eigenvalue weighted by molar-refractivity contribution is 0.0584. The second-order valence-corrected chi connectivity index (χ2v) is 7.64. The number of methoxy groups -OCH3 is 3. The molecule has 0 unspecified atom stereocenters. The van der Waals surface area contributed by atoms with Gasteiger partial charge in [-0.3, -0.25) is 4.79 Å². The zero-order chi connectivity index (χ0) is 23.4. The van der Waals surface area contributed by atoms with E-state index in [1.807, 2.05) is 12.1 Å². The Bertz CT molecular complexity index is 1130. The van der Waals surface area contributed by atoms with E-state index in [1.165, 1.54) is 12.1 Å². The molecule has 1 amide bonds. The summed E-state index contributed by atoms with van der Waals surface area (Å²) in [4.78, 5) is 15.0. The molecule has 33 heavy (non-hydrogen) atoms. The van der Waals surface area contributed by atoms with Crippen molar-refractivity contribution >= 4 is 5.91 Å². The average molecular weight is 451 g/mol. The molecule has 3 aromatic carbocycles. The number of carbonyl (C=O) groups is 1. The van der Waals surface area contributed by atoms with E-state index < -0.39 is 11.9 Å². The van der Waals surface area contributed by atoms with Gasteiger partial charge in [0.2, 0.25) is 0 Å². The molecule has 0 fully saturated rings. The molecule has 7 heteroatoms. The first-order chi connectivity index (χ1) is 16.0. The summed E-state index contributed by atoms with van der Waals surface area (Å²) in [6.45, 7) is 0.612. The number of hydrogen-bond acceptors (Lipinski definition) is 5. The van der Waals surface area contributed by atoms with Crippen molar-refractivity contribution in [1.29, 1.82) is 0 Å². The summed E-state index contributed by atoms with van der Waals surface area (Å²) in [7, 11) is 4.76. The van der Waals surface area contributed by atoms with Gasteiger partial charge in [0.1, 0.15) is 23.9 Å². The third-order valence-electron chi connectivity index (χ3n) is 5.84. The maximum absolute atomic E-state index is 14.4. The summed E-state index contributed by atoms with van der Waals surface area (Å²) in [6, 6.07) is 16.6. The van der Waals surface area contributed by atoms with Gasteiger partial charge in [-0.25, -0.2) is 4.39 Å². The van der Waals surface area contributed by atoms with Crippen LogP contribution in [0.2, 0.25) is 0 Å². The first-order valence-electron chi connectivity index (χ1n) is 10.6. The molecule has 0 N–H and O–H groups in total. The predicted octanol–water partition coefficient (Wildman–Crippen LogP) is 4.67. The molecule has 0 saturated heterocycles. The van der Waals surface area contributed by atoms with Crippen molar-refractivity contribution in [2.75, 3.05) is 34.5 Å². The quantitative estimate of drug-likeness (QED) is 0.523. The molecule has 0 aromatic heterocycles. The molecule has 1 heterocycles. The minimum Gasteiger partial charge on any atom is -0.497 e. The molecule has 3 aromatic rings. The topological polar surface area (TPSA) is 57.2 Å². The summed E-state index contributed by atoms with van der Waals surface area (Å²) in [6.07, 6.45) is 0.606. The summed E-state index contributed by atoms with van der Waals surface area (Å²) in [5.74, 6) is 1.62. The fourth-order valence-corrected chi connectivity index (χ4v) is 4.09. The minimum absolute atomic E-state index is 0.0378. The van der Waals surface area contributed by atoms with Gasteiger partial charge in [-0.05, 0) is 66.1 Å². The Hall–Kier alpha value is -3.74. The van der Waals surface area contributed by atoms with E-state index in [-0.39, 0.29) is 18.1 Å². The van der Waals surface area contributed by atoms with Gasteiger partial charge in [0.25, 0.3) is 5.91 Å². The molecule has 0 bridgehead atoms. The first kappa shape index (κ1) is 22.5. The zero-order valence-corrected chi connectivity index (χ0v) is 18.8. The number of amides is 1. The van der Waals surface area contributed by atoms with Crippen molar-refractivity contribution in [2.45, 2.75) is 12.5 Å². The van der Waals surface area contributed by atoms with Gasteiger partial charge in [-0.1, -0.05) is 12.1 Å². The van der Waals surface area contributed by atoms with Crippen molar-refractivity contribution in [3.05, 3.63) is 83.2 Å². The van der Waals surface area contributed by atoms with Crippen LogP contribution in [0.3, 0.4) is 0 Å². The molecule has 1 aliphatic heterocycles. The molecule has 1 atom stereocenters. The SMILES string of the molecule is COc1ccc(OC[C@@H]2c3cc(OC)c(OC)cc3CCN2C(=O)c2ccccc2F)cc1. The van der Waals surface area contributed by atoms with E-state index in [9.17, 15) is 9.18 Å². The summed E-state index contributed by atoms with van der Waals surface area (Å²) in [5, 5.41) is 0. The number of fused-ring (bicyclic) bond motifs is 1. The molecule has 4 rings (SSSR count). The molecule has 0 radical (unpaired) electrons. The normalized spacial score (nSPS) is 14.9. The lowest BCUT2D eigenvalue weighted by Crippen LogP contribution is -2.43. The monoisotopic (exact) mass is 451 g/mol. The second-order valence-electron chi connectivity index (χ2n) is 7.64. The summed E-state index contributed by atoms with van der Waals surface area (Å²) in [5.41, 5.74) is 1.96. The van der Waals surface area contributed by atoms with Crippen molar-refractivity contribution in [2.24, 2.45) is 0 Å². The maximum Gasteiger partial charge on any atom is 0.257 e. The van der Waals surface area contributed by atoms with Crippen molar-refractivity contribution in [3.8, 4) is 23.0 Å². The number of carbonyl (C=O) groups excluding carboxylic acids is 1. The van der Waals surface area contributed by atoms with Crippen LogP contribution in [0.1, 0.15) is 27.5 Å². The molecular formula is C26H26FNO5. The van der Waals surface area contributed by atoms with Gasteiger partial charge < -0.3 is 23.8 Å². The van der Waals surface area contributed by atoms with E-state index in [1.54, 1.807) is 62.6 Å². The van der Waals surface area contributed by atoms with Gasteiger partial charge in [0, 0.05) is 6.54 Å². The van der Waals surface area contributed by atoms with Crippen LogP contribution in [-0.4, -0.2) is 45.3 Å². The predicted molar refractivity (Wildman–Crippen MR) is 122 cm³/mol. The van der Waals surface area contributed by atoms with Gasteiger partial charge in [0.05, 0.1) is 32.9 Å². The summed E-state index contributed by atoms with van der Waals surface area (Å²) >= 11 is 0.